The molecule has 2 saturated heterocycles. The molecule has 0 bridgehead atoms. The Bertz CT molecular complexity index is 1090. The fraction of sp³-hybridized carbons (Fsp3) is 0.478. The van der Waals surface area contributed by atoms with E-state index in [0.29, 0.717) is 45.2 Å². The van der Waals surface area contributed by atoms with Crippen LogP contribution in [0.4, 0.5) is 11.6 Å². The number of morpholine rings is 1. The summed E-state index contributed by atoms with van der Waals surface area (Å²) in [6.07, 6.45) is 3.88. The van der Waals surface area contributed by atoms with E-state index in [1.54, 1.807) is 21.2 Å². The SMILES string of the molecule is COc1ccc(C=Cc2nc(N3CCOCC3)cc(N3CCN(S(=O)(=O)N(C)C)CC3)n2)cc1. The van der Waals surface area contributed by atoms with Crippen molar-refractivity contribution >= 4 is 34.0 Å². The molecule has 0 aliphatic carbocycles. The van der Waals surface area contributed by atoms with Gasteiger partial charge in [0, 0.05) is 59.4 Å². The molecule has 0 radical (unpaired) electrons. The van der Waals surface area contributed by atoms with Crippen LogP contribution in [-0.4, -0.2) is 101 Å². The van der Waals surface area contributed by atoms with Crippen LogP contribution in [0.3, 0.4) is 0 Å². The first kappa shape index (κ1) is 24.4. The molecule has 10 nitrogen and oxygen atoms in total. The highest BCUT2D eigenvalue weighted by atomic mass is 32.2. The normalized spacial score (nSPS) is 18.1. The summed E-state index contributed by atoms with van der Waals surface area (Å²) in [6, 6.07) is 9.78. The summed E-state index contributed by atoms with van der Waals surface area (Å²) in [7, 11) is 1.34. The zero-order valence-corrected chi connectivity index (χ0v) is 20.7. The summed E-state index contributed by atoms with van der Waals surface area (Å²) >= 11 is 0. The van der Waals surface area contributed by atoms with Gasteiger partial charge in [-0.2, -0.15) is 17.0 Å². The van der Waals surface area contributed by atoms with E-state index in [4.69, 9.17) is 19.4 Å². The van der Waals surface area contributed by atoms with Gasteiger partial charge in [-0.25, -0.2) is 9.97 Å². The van der Waals surface area contributed by atoms with Gasteiger partial charge in [0.2, 0.25) is 0 Å². The van der Waals surface area contributed by atoms with Crippen LogP contribution in [0.25, 0.3) is 12.2 Å². The van der Waals surface area contributed by atoms with Crippen LogP contribution in [0.2, 0.25) is 0 Å². The molecule has 0 unspecified atom stereocenters. The van der Waals surface area contributed by atoms with Crippen LogP contribution in [0.1, 0.15) is 11.4 Å². The van der Waals surface area contributed by atoms with Gasteiger partial charge in [-0.3, -0.25) is 0 Å². The van der Waals surface area contributed by atoms with Gasteiger partial charge >= 0.3 is 0 Å². The van der Waals surface area contributed by atoms with E-state index < -0.39 is 10.2 Å². The van der Waals surface area contributed by atoms with Crippen LogP contribution < -0.4 is 14.5 Å². The van der Waals surface area contributed by atoms with Crippen molar-refractivity contribution in [1.29, 1.82) is 0 Å². The lowest BCUT2D eigenvalue weighted by atomic mass is 10.2. The average molecular weight is 489 g/mol. The average Bonchev–Trinajstić information content (AvgIpc) is 2.88. The lowest BCUT2D eigenvalue weighted by Gasteiger charge is -2.36. The molecule has 2 aliphatic rings. The monoisotopic (exact) mass is 488 g/mol. The minimum Gasteiger partial charge on any atom is -0.497 e. The van der Waals surface area contributed by atoms with Crippen molar-refractivity contribution in [2.24, 2.45) is 0 Å². The van der Waals surface area contributed by atoms with Crippen molar-refractivity contribution in [3.63, 3.8) is 0 Å². The summed E-state index contributed by atoms with van der Waals surface area (Å²) < 4.78 is 38.4. The number of rotatable bonds is 7. The number of hydrogen-bond acceptors (Lipinski definition) is 8. The highest BCUT2D eigenvalue weighted by Crippen LogP contribution is 2.23. The number of nitrogens with zero attached hydrogens (tertiary/aromatic N) is 6. The molecule has 34 heavy (non-hydrogen) atoms. The number of hydrogen-bond donors (Lipinski definition) is 0. The summed E-state index contributed by atoms with van der Waals surface area (Å²) in [6.45, 7) is 4.82. The smallest absolute Gasteiger partial charge is 0.281 e. The Kier molecular flexibility index (Phi) is 7.67. The second kappa shape index (κ2) is 10.7. The summed E-state index contributed by atoms with van der Waals surface area (Å²) in [5.41, 5.74) is 1.02. The Morgan fingerprint density at radius 3 is 2.06 bits per heavy atom. The third-order valence-corrected chi connectivity index (χ3v) is 7.88. The lowest BCUT2D eigenvalue weighted by Crippen LogP contribution is -2.52. The van der Waals surface area contributed by atoms with E-state index in [-0.39, 0.29) is 0 Å². The Balaban J connectivity index is 1.57. The minimum absolute atomic E-state index is 0.411. The molecule has 184 valence electrons. The fourth-order valence-electron chi connectivity index (χ4n) is 3.90. The molecule has 0 saturated carbocycles. The first-order valence-corrected chi connectivity index (χ1v) is 12.7. The Labute approximate surface area is 201 Å². The maximum Gasteiger partial charge on any atom is 0.281 e. The molecule has 0 atom stereocenters. The van der Waals surface area contributed by atoms with Gasteiger partial charge in [0.1, 0.15) is 17.4 Å². The van der Waals surface area contributed by atoms with Gasteiger partial charge < -0.3 is 19.3 Å². The van der Waals surface area contributed by atoms with E-state index in [1.165, 1.54) is 8.61 Å². The molecule has 1 aromatic carbocycles. The van der Waals surface area contributed by atoms with E-state index in [1.807, 2.05) is 42.5 Å². The van der Waals surface area contributed by atoms with Gasteiger partial charge in [-0.1, -0.05) is 18.2 Å². The molecule has 3 heterocycles. The van der Waals surface area contributed by atoms with E-state index >= 15 is 0 Å². The van der Waals surface area contributed by atoms with Crippen molar-refractivity contribution in [2.45, 2.75) is 0 Å². The van der Waals surface area contributed by atoms with Crippen LogP contribution in [0.5, 0.6) is 5.75 Å². The third-order valence-electron chi connectivity index (χ3n) is 5.94. The second-order valence-electron chi connectivity index (χ2n) is 8.32. The topological polar surface area (TPSA) is 91.3 Å². The molecule has 4 rings (SSSR count). The molecular formula is C23H32N6O4S. The maximum atomic E-state index is 12.5. The van der Waals surface area contributed by atoms with Crippen LogP contribution >= 0.6 is 0 Å². The molecule has 2 aliphatic heterocycles. The van der Waals surface area contributed by atoms with Gasteiger partial charge in [0.05, 0.1) is 20.3 Å². The molecule has 0 amide bonds. The molecule has 1 aromatic heterocycles. The number of anilines is 2. The standard InChI is InChI=1S/C23H32N6O4S/c1-26(2)34(30,31)29-12-10-27(11-13-29)22-18-23(28-14-16-33-17-15-28)25-21(24-22)9-6-19-4-7-20(32-3)8-5-19/h4-9,18H,10-17H2,1-3H3. The molecule has 2 aromatic rings. The van der Waals surface area contributed by atoms with Crippen molar-refractivity contribution in [3.05, 3.63) is 41.7 Å². The van der Waals surface area contributed by atoms with Crippen molar-refractivity contribution < 1.29 is 17.9 Å². The zero-order chi connectivity index (χ0) is 24.1. The van der Waals surface area contributed by atoms with Crippen molar-refractivity contribution in [1.82, 2.24) is 18.6 Å². The summed E-state index contributed by atoms with van der Waals surface area (Å²) in [5.74, 6) is 3.07. The largest absolute Gasteiger partial charge is 0.497 e. The molecule has 0 spiro atoms. The zero-order valence-electron chi connectivity index (χ0n) is 19.9. The van der Waals surface area contributed by atoms with Gasteiger partial charge in [-0.15, -0.1) is 0 Å². The predicted molar refractivity (Wildman–Crippen MR) is 133 cm³/mol. The molecular weight excluding hydrogens is 456 g/mol. The van der Waals surface area contributed by atoms with Crippen LogP contribution in [0, 0.1) is 0 Å². The molecule has 2 fully saturated rings. The predicted octanol–water partition coefficient (Wildman–Crippen LogP) is 1.42. The quantitative estimate of drug-likeness (QED) is 0.578. The van der Waals surface area contributed by atoms with E-state index in [2.05, 4.69) is 9.80 Å². The summed E-state index contributed by atoms with van der Waals surface area (Å²) in [5, 5.41) is 0. The van der Waals surface area contributed by atoms with Crippen molar-refractivity contribution in [2.75, 3.05) is 83.5 Å². The first-order chi connectivity index (χ1) is 16.4. The van der Waals surface area contributed by atoms with Crippen LogP contribution in [0.15, 0.2) is 30.3 Å². The Hall–Kier alpha value is -2.73. The van der Waals surface area contributed by atoms with Gasteiger partial charge in [0.25, 0.3) is 10.2 Å². The number of piperazine rings is 1. The van der Waals surface area contributed by atoms with Crippen molar-refractivity contribution in [3.8, 4) is 5.75 Å². The van der Waals surface area contributed by atoms with Gasteiger partial charge in [0.15, 0.2) is 5.82 Å². The highest BCUT2D eigenvalue weighted by molar-refractivity contribution is 7.86. The number of ether oxygens (including phenoxy) is 2. The Morgan fingerprint density at radius 1 is 0.912 bits per heavy atom. The minimum atomic E-state index is -3.42. The number of methoxy groups -OCH3 is 1. The maximum absolute atomic E-state index is 12.5. The number of benzene rings is 1. The second-order valence-corrected chi connectivity index (χ2v) is 10.5. The van der Waals surface area contributed by atoms with Crippen LogP contribution in [-0.2, 0) is 14.9 Å². The van der Waals surface area contributed by atoms with E-state index in [9.17, 15) is 8.42 Å². The number of aromatic nitrogens is 2. The third kappa shape index (κ3) is 5.66. The Morgan fingerprint density at radius 2 is 1.50 bits per heavy atom. The summed E-state index contributed by atoms with van der Waals surface area (Å²) in [4.78, 5) is 13.9. The lowest BCUT2D eigenvalue weighted by molar-refractivity contribution is 0.122. The molecule has 0 N–H and O–H groups in total. The fourth-order valence-corrected chi connectivity index (χ4v) is 4.98. The molecule has 11 heteroatoms. The van der Waals surface area contributed by atoms with Gasteiger partial charge in [-0.05, 0) is 23.8 Å². The van der Waals surface area contributed by atoms with E-state index in [0.717, 1.165) is 36.0 Å². The first-order valence-electron chi connectivity index (χ1n) is 11.3. The highest BCUT2D eigenvalue weighted by Gasteiger charge is 2.29.